The summed E-state index contributed by atoms with van der Waals surface area (Å²) in [6, 6.07) is 9.99. The number of halogens is 1. The molecule has 0 aliphatic carbocycles. The Bertz CT molecular complexity index is 1050. The zero-order valence-corrected chi connectivity index (χ0v) is 17.6. The van der Waals surface area contributed by atoms with Crippen molar-refractivity contribution in [3.05, 3.63) is 52.5 Å². The van der Waals surface area contributed by atoms with Gasteiger partial charge in [-0.3, -0.25) is 9.59 Å². The van der Waals surface area contributed by atoms with Gasteiger partial charge in [0.05, 0.1) is 15.8 Å². The normalized spacial score (nSPS) is 14.4. The Hall–Kier alpha value is -2.58. The molecule has 1 aliphatic heterocycles. The Balaban J connectivity index is 1.69. The molecule has 1 aliphatic rings. The Morgan fingerprint density at radius 3 is 2.66 bits per heavy atom. The number of benzene rings is 2. The number of amides is 2. The molecule has 9 heteroatoms. The predicted molar refractivity (Wildman–Crippen MR) is 110 cm³/mol. The van der Waals surface area contributed by atoms with Crippen molar-refractivity contribution in [2.45, 2.75) is 37.0 Å². The van der Waals surface area contributed by atoms with Gasteiger partial charge in [0, 0.05) is 24.1 Å². The topological polar surface area (TPSA) is 102 Å². The van der Waals surface area contributed by atoms with Crippen LogP contribution < -0.4 is 15.4 Å². The van der Waals surface area contributed by atoms with Crippen LogP contribution >= 0.6 is 11.6 Å². The minimum atomic E-state index is -3.77. The second-order valence-electron chi connectivity index (χ2n) is 6.91. The van der Waals surface area contributed by atoms with Gasteiger partial charge in [0.2, 0.25) is 5.91 Å². The largest absolute Gasteiger partial charge is 0.482 e. The van der Waals surface area contributed by atoms with Gasteiger partial charge in [0.1, 0.15) is 5.75 Å². The third-order valence-corrected chi connectivity index (χ3v) is 7.15. The Labute approximate surface area is 174 Å². The fraction of sp³-hybridized carbons (Fsp3) is 0.300. The maximum atomic E-state index is 13.0. The first-order valence-electron chi connectivity index (χ1n) is 8.99. The van der Waals surface area contributed by atoms with E-state index in [1.165, 1.54) is 13.0 Å². The lowest BCUT2D eigenvalue weighted by Crippen LogP contribution is -2.30. The molecule has 0 spiro atoms. The molecule has 0 bridgehead atoms. The summed E-state index contributed by atoms with van der Waals surface area (Å²) in [4.78, 5) is 23.8. The molecule has 0 unspecified atom stereocenters. The number of fused-ring (bicyclic) bond motifs is 1. The molecule has 1 heterocycles. The number of sulfone groups is 1. The minimum absolute atomic E-state index is 0.0883. The number of carbonyl (C=O) groups excluding carboxylic acids is 2. The van der Waals surface area contributed by atoms with Gasteiger partial charge in [0.25, 0.3) is 5.91 Å². The van der Waals surface area contributed by atoms with E-state index >= 15 is 0 Å². The highest BCUT2D eigenvalue weighted by Gasteiger charge is 2.29. The van der Waals surface area contributed by atoms with Crippen molar-refractivity contribution in [1.82, 2.24) is 5.32 Å². The molecule has 29 heavy (non-hydrogen) atoms. The van der Waals surface area contributed by atoms with E-state index in [4.69, 9.17) is 16.3 Å². The molecule has 0 fully saturated rings. The molecule has 2 aromatic carbocycles. The van der Waals surface area contributed by atoms with E-state index < -0.39 is 15.1 Å². The highest BCUT2D eigenvalue weighted by atomic mass is 35.5. The zero-order chi connectivity index (χ0) is 21.2. The van der Waals surface area contributed by atoms with Crippen molar-refractivity contribution in [1.29, 1.82) is 0 Å². The molecule has 2 amide bonds. The van der Waals surface area contributed by atoms with Crippen LogP contribution in [-0.2, 0) is 26.0 Å². The van der Waals surface area contributed by atoms with Crippen molar-refractivity contribution in [2.24, 2.45) is 0 Å². The molecule has 0 saturated heterocycles. The quantitative estimate of drug-likeness (QED) is 0.725. The van der Waals surface area contributed by atoms with Crippen LogP contribution in [0.3, 0.4) is 0 Å². The number of anilines is 1. The van der Waals surface area contributed by atoms with E-state index in [1.807, 2.05) is 0 Å². The molecular weight excluding hydrogens is 416 g/mol. The minimum Gasteiger partial charge on any atom is -0.482 e. The van der Waals surface area contributed by atoms with Crippen LogP contribution in [-0.4, -0.2) is 32.1 Å². The molecule has 0 radical (unpaired) electrons. The summed E-state index contributed by atoms with van der Waals surface area (Å²) in [6.45, 7) is 3.26. The van der Waals surface area contributed by atoms with Crippen molar-refractivity contribution in [2.75, 3.05) is 11.9 Å². The number of hydrogen-bond acceptors (Lipinski definition) is 5. The molecule has 2 N–H and O–H groups in total. The number of ether oxygens (including phenoxy) is 1. The summed E-state index contributed by atoms with van der Waals surface area (Å²) in [5.74, 6) is -0.360. The monoisotopic (exact) mass is 436 g/mol. The molecule has 0 aromatic heterocycles. The van der Waals surface area contributed by atoms with Crippen molar-refractivity contribution >= 4 is 38.9 Å². The second-order valence-corrected chi connectivity index (χ2v) is 9.68. The van der Waals surface area contributed by atoms with E-state index in [0.29, 0.717) is 22.0 Å². The van der Waals surface area contributed by atoms with Gasteiger partial charge in [0.15, 0.2) is 16.4 Å². The standard InChI is InChI=1S/C20H21ClN2O5S/c1-12-7-16-17(28-11-20(25)23-16)9-18(12)29(26,27)13(2)8-19(24)22-10-14-3-5-15(21)6-4-14/h3-7,9,13H,8,10-11H2,1-2H3,(H,22,24)(H,23,25)/t13-/m1/s1. The number of hydrogen-bond donors (Lipinski definition) is 2. The van der Waals surface area contributed by atoms with Gasteiger partial charge >= 0.3 is 0 Å². The highest BCUT2D eigenvalue weighted by molar-refractivity contribution is 7.92. The Kier molecular flexibility index (Phi) is 6.14. The summed E-state index contributed by atoms with van der Waals surface area (Å²) in [5, 5.41) is 5.04. The van der Waals surface area contributed by atoms with Gasteiger partial charge in [-0.1, -0.05) is 23.7 Å². The van der Waals surface area contributed by atoms with Crippen LogP contribution in [0.2, 0.25) is 5.02 Å². The first kappa shape index (κ1) is 21.1. The molecule has 1 atom stereocenters. The van der Waals surface area contributed by atoms with Crippen LogP contribution in [0.1, 0.15) is 24.5 Å². The molecular formula is C20H21ClN2O5S. The Morgan fingerprint density at radius 1 is 1.28 bits per heavy atom. The summed E-state index contributed by atoms with van der Waals surface area (Å²) in [6.07, 6.45) is -0.177. The highest BCUT2D eigenvalue weighted by Crippen LogP contribution is 2.34. The molecule has 3 rings (SSSR count). The first-order valence-corrected chi connectivity index (χ1v) is 10.9. The van der Waals surface area contributed by atoms with Gasteiger partial charge in [-0.15, -0.1) is 0 Å². The van der Waals surface area contributed by atoms with Gasteiger partial charge < -0.3 is 15.4 Å². The number of rotatable bonds is 6. The van der Waals surface area contributed by atoms with Crippen LogP contribution in [0.5, 0.6) is 5.75 Å². The average molecular weight is 437 g/mol. The van der Waals surface area contributed by atoms with E-state index in [9.17, 15) is 18.0 Å². The van der Waals surface area contributed by atoms with Crippen LogP contribution in [0.25, 0.3) is 0 Å². The van der Waals surface area contributed by atoms with Crippen molar-refractivity contribution in [3.8, 4) is 5.75 Å². The maximum absolute atomic E-state index is 13.0. The van der Waals surface area contributed by atoms with E-state index in [-0.39, 0.29) is 36.3 Å². The van der Waals surface area contributed by atoms with E-state index in [2.05, 4.69) is 10.6 Å². The number of carbonyl (C=O) groups is 2. The van der Waals surface area contributed by atoms with Crippen LogP contribution in [0, 0.1) is 6.92 Å². The lowest BCUT2D eigenvalue weighted by Gasteiger charge is -2.21. The van der Waals surface area contributed by atoms with Crippen LogP contribution in [0.4, 0.5) is 5.69 Å². The summed E-state index contributed by atoms with van der Waals surface area (Å²) in [7, 11) is -3.77. The fourth-order valence-corrected chi connectivity index (χ4v) is 4.69. The summed E-state index contributed by atoms with van der Waals surface area (Å²) < 4.78 is 31.3. The second kappa shape index (κ2) is 8.42. The first-order chi connectivity index (χ1) is 13.7. The van der Waals surface area contributed by atoms with Crippen LogP contribution in [0.15, 0.2) is 41.3 Å². The Morgan fingerprint density at radius 2 is 1.97 bits per heavy atom. The lowest BCUT2D eigenvalue weighted by atomic mass is 10.2. The summed E-state index contributed by atoms with van der Waals surface area (Å²) in [5.41, 5.74) is 1.78. The predicted octanol–water partition coefficient (Wildman–Crippen LogP) is 2.85. The smallest absolute Gasteiger partial charge is 0.262 e. The van der Waals surface area contributed by atoms with Crippen molar-refractivity contribution < 1.29 is 22.7 Å². The molecule has 7 nitrogen and oxygen atoms in total. The molecule has 154 valence electrons. The SMILES string of the molecule is Cc1cc2c(cc1S(=O)(=O)[C@H](C)CC(=O)NCc1ccc(Cl)cc1)OCC(=O)N2. The van der Waals surface area contributed by atoms with Gasteiger partial charge in [-0.05, 0) is 43.2 Å². The number of aryl methyl sites for hydroxylation is 1. The van der Waals surface area contributed by atoms with Gasteiger partial charge in [-0.2, -0.15) is 0 Å². The fourth-order valence-electron chi connectivity index (χ4n) is 2.99. The van der Waals surface area contributed by atoms with E-state index in [0.717, 1.165) is 5.56 Å². The number of nitrogens with one attached hydrogen (secondary N) is 2. The third-order valence-electron chi connectivity index (χ3n) is 4.62. The van der Waals surface area contributed by atoms with Crippen molar-refractivity contribution in [3.63, 3.8) is 0 Å². The van der Waals surface area contributed by atoms with Gasteiger partial charge in [-0.25, -0.2) is 8.42 Å². The summed E-state index contributed by atoms with van der Waals surface area (Å²) >= 11 is 5.83. The van der Waals surface area contributed by atoms with E-state index in [1.54, 1.807) is 37.3 Å². The molecule has 0 saturated carbocycles. The average Bonchev–Trinajstić information content (AvgIpc) is 2.66. The zero-order valence-electron chi connectivity index (χ0n) is 16.0. The molecule has 2 aromatic rings. The lowest BCUT2D eigenvalue weighted by molar-refractivity contribution is -0.121. The third kappa shape index (κ3) is 4.89. The maximum Gasteiger partial charge on any atom is 0.262 e.